The lowest BCUT2D eigenvalue weighted by Gasteiger charge is -2.16. The van der Waals surface area contributed by atoms with E-state index in [1.54, 1.807) is 24.3 Å². The highest BCUT2D eigenvalue weighted by atomic mass is 32.2. The van der Waals surface area contributed by atoms with Gasteiger partial charge >= 0.3 is 0 Å². The molecule has 1 saturated carbocycles. The smallest absolute Gasteiger partial charge is 0.214 e. The van der Waals surface area contributed by atoms with Crippen LogP contribution in [0, 0.1) is 0 Å². The van der Waals surface area contributed by atoms with E-state index >= 15 is 0 Å². The topological polar surface area (TPSA) is 84.7 Å². The van der Waals surface area contributed by atoms with Crippen molar-refractivity contribution in [2.45, 2.75) is 18.9 Å². The average Bonchev–Trinajstić information content (AvgIpc) is 3.25. The normalized spacial score (nSPS) is 15.3. The first kappa shape index (κ1) is 16.1. The quantitative estimate of drug-likeness (QED) is 0.654. The van der Waals surface area contributed by atoms with E-state index in [0.29, 0.717) is 24.0 Å². The summed E-state index contributed by atoms with van der Waals surface area (Å²) in [4.78, 5) is 2.18. The van der Waals surface area contributed by atoms with Crippen molar-refractivity contribution in [3.8, 4) is 5.75 Å². The van der Waals surface area contributed by atoms with Gasteiger partial charge in [0.1, 0.15) is 12.4 Å². The Balaban J connectivity index is 1.67. The molecular weight excluding hydrogens is 290 g/mol. The molecule has 1 aliphatic carbocycles. The third kappa shape index (κ3) is 5.53. The molecule has 0 amide bonds. The van der Waals surface area contributed by atoms with E-state index in [1.807, 2.05) is 7.05 Å². The number of anilines is 1. The SMILES string of the molecule is CN(CCNS(=O)(=O)CCOc1ccccc1N)C1CC1. The lowest BCUT2D eigenvalue weighted by atomic mass is 10.3. The maximum absolute atomic E-state index is 11.8. The zero-order chi connectivity index (χ0) is 15.3. The molecule has 0 atom stereocenters. The van der Waals surface area contributed by atoms with Crippen LogP contribution in [0.4, 0.5) is 5.69 Å². The van der Waals surface area contributed by atoms with E-state index in [4.69, 9.17) is 10.5 Å². The number of likely N-dealkylation sites (N-methyl/N-ethyl adjacent to an activating group) is 1. The molecule has 1 aromatic carbocycles. The summed E-state index contributed by atoms with van der Waals surface area (Å²) in [6.07, 6.45) is 2.44. The zero-order valence-electron chi connectivity index (χ0n) is 12.3. The fourth-order valence-corrected chi connectivity index (χ4v) is 2.87. The highest BCUT2D eigenvalue weighted by Crippen LogP contribution is 2.24. The first-order chi connectivity index (χ1) is 9.98. The van der Waals surface area contributed by atoms with Gasteiger partial charge in [-0.05, 0) is 32.0 Å². The minimum Gasteiger partial charge on any atom is -0.490 e. The van der Waals surface area contributed by atoms with Crippen LogP contribution < -0.4 is 15.2 Å². The van der Waals surface area contributed by atoms with Crippen LogP contribution in [0.25, 0.3) is 0 Å². The van der Waals surface area contributed by atoms with Crippen LogP contribution in [0.3, 0.4) is 0 Å². The van der Waals surface area contributed by atoms with Crippen molar-refractivity contribution in [3.63, 3.8) is 0 Å². The van der Waals surface area contributed by atoms with Gasteiger partial charge in [-0.15, -0.1) is 0 Å². The molecule has 6 nitrogen and oxygen atoms in total. The van der Waals surface area contributed by atoms with Crippen LogP contribution in [-0.2, 0) is 10.0 Å². The fraction of sp³-hybridized carbons (Fsp3) is 0.571. The lowest BCUT2D eigenvalue weighted by Crippen LogP contribution is -2.36. The van der Waals surface area contributed by atoms with Gasteiger partial charge in [0.05, 0.1) is 11.4 Å². The zero-order valence-corrected chi connectivity index (χ0v) is 13.1. The molecule has 3 N–H and O–H groups in total. The van der Waals surface area contributed by atoms with E-state index in [0.717, 1.165) is 6.54 Å². The molecule has 1 fully saturated rings. The molecule has 118 valence electrons. The van der Waals surface area contributed by atoms with Gasteiger partial charge in [0.25, 0.3) is 0 Å². The second kappa shape index (κ2) is 7.11. The van der Waals surface area contributed by atoms with Crippen molar-refractivity contribution in [1.29, 1.82) is 0 Å². The van der Waals surface area contributed by atoms with Crippen molar-refractivity contribution in [2.24, 2.45) is 0 Å². The Morgan fingerprint density at radius 1 is 1.38 bits per heavy atom. The van der Waals surface area contributed by atoms with Gasteiger partial charge in [0.2, 0.25) is 10.0 Å². The molecule has 21 heavy (non-hydrogen) atoms. The first-order valence-electron chi connectivity index (χ1n) is 7.13. The second-order valence-corrected chi connectivity index (χ2v) is 7.24. The van der Waals surface area contributed by atoms with Gasteiger partial charge in [-0.3, -0.25) is 0 Å². The Morgan fingerprint density at radius 2 is 2.10 bits per heavy atom. The summed E-state index contributed by atoms with van der Waals surface area (Å²) in [5.41, 5.74) is 6.23. The van der Waals surface area contributed by atoms with E-state index in [1.165, 1.54) is 12.8 Å². The van der Waals surface area contributed by atoms with Crippen LogP contribution in [0.1, 0.15) is 12.8 Å². The Kier molecular flexibility index (Phi) is 5.44. The Labute approximate surface area is 126 Å². The number of nitrogens with two attached hydrogens (primary N) is 1. The molecule has 0 unspecified atom stereocenters. The van der Waals surface area contributed by atoms with E-state index in [9.17, 15) is 8.42 Å². The first-order valence-corrected chi connectivity index (χ1v) is 8.78. The highest BCUT2D eigenvalue weighted by Gasteiger charge is 2.25. The fourth-order valence-electron chi connectivity index (χ4n) is 2.02. The number of nitrogens with one attached hydrogen (secondary N) is 1. The number of nitrogens with zero attached hydrogens (tertiary/aromatic N) is 1. The highest BCUT2D eigenvalue weighted by molar-refractivity contribution is 7.89. The summed E-state index contributed by atoms with van der Waals surface area (Å²) in [5, 5.41) is 0. The summed E-state index contributed by atoms with van der Waals surface area (Å²) < 4.78 is 31.7. The van der Waals surface area contributed by atoms with Crippen LogP contribution in [0.15, 0.2) is 24.3 Å². The summed E-state index contributed by atoms with van der Waals surface area (Å²) in [5.74, 6) is 0.440. The van der Waals surface area contributed by atoms with Crippen LogP contribution in [0.2, 0.25) is 0 Å². The molecule has 0 bridgehead atoms. The minimum atomic E-state index is -3.31. The second-order valence-electron chi connectivity index (χ2n) is 5.31. The van der Waals surface area contributed by atoms with Crippen molar-refractivity contribution in [2.75, 3.05) is 38.2 Å². The van der Waals surface area contributed by atoms with Gasteiger partial charge in [-0.2, -0.15) is 0 Å². The number of hydrogen-bond acceptors (Lipinski definition) is 5. The molecule has 2 rings (SSSR count). The molecule has 0 radical (unpaired) electrons. The summed E-state index contributed by atoms with van der Waals surface area (Å²) in [6.45, 7) is 1.25. The van der Waals surface area contributed by atoms with E-state index in [2.05, 4.69) is 9.62 Å². The Bertz CT molecular complexity index is 558. The standard InChI is InChI=1S/C14H23N3O3S/c1-17(12-6-7-12)9-8-16-21(18,19)11-10-20-14-5-3-2-4-13(14)15/h2-5,12,16H,6-11,15H2,1H3. The lowest BCUT2D eigenvalue weighted by molar-refractivity contribution is 0.327. The summed E-state index contributed by atoms with van der Waals surface area (Å²) >= 11 is 0. The number of para-hydroxylation sites is 2. The molecule has 0 aliphatic heterocycles. The van der Waals surface area contributed by atoms with Gasteiger partial charge in [-0.1, -0.05) is 12.1 Å². The number of ether oxygens (including phenoxy) is 1. The van der Waals surface area contributed by atoms with Gasteiger partial charge < -0.3 is 15.4 Å². The number of nitrogen functional groups attached to an aromatic ring is 1. The van der Waals surface area contributed by atoms with Gasteiger partial charge in [0, 0.05) is 19.1 Å². The third-order valence-electron chi connectivity index (χ3n) is 3.49. The molecule has 0 saturated heterocycles. The summed E-state index contributed by atoms with van der Waals surface area (Å²) in [6, 6.07) is 7.68. The number of sulfonamides is 1. The molecule has 1 aliphatic rings. The molecule has 0 aromatic heterocycles. The Morgan fingerprint density at radius 3 is 2.76 bits per heavy atom. The predicted octanol–water partition coefficient (Wildman–Crippen LogP) is 0.661. The largest absolute Gasteiger partial charge is 0.490 e. The number of benzene rings is 1. The third-order valence-corrected chi connectivity index (χ3v) is 4.83. The van der Waals surface area contributed by atoms with Crippen LogP contribution in [0.5, 0.6) is 5.75 Å². The van der Waals surface area contributed by atoms with Crippen molar-refractivity contribution in [3.05, 3.63) is 24.3 Å². The molecule has 7 heteroatoms. The van der Waals surface area contributed by atoms with Crippen molar-refractivity contribution >= 4 is 15.7 Å². The van der Waals surface area contributed by atoms with E-state index < -0.39 is 10.0 Å². The molecule has 0 heterocycles. The monoisotopic (exact) mass is 313 g/mol. The van der Waals surface area contributed by atoms with Gasteiger partial charge in [0.15, 0.2) is 0 Å². The van der Waals surface area contributed by atoms with E-state index in [-0.39, 0.29) is 12.4 Å². The molecule has 1 aromatic rings. The van der Waals surface area contributed by atoms with Crippen LogP contribution >= 0.6 is 0 Å². The predicted molar refractivity (Wildman–Crippen MR) is 83.8 cm³/mol. The van der Waals surface area contributed by atoms with Crippen molar-refractivity contribution < 1.29 is 13.2 Å². The molecular formula is C14H23N3O3S. The van der Waals surface area contributed by atoms with Gasteiger partial charge in [-0.25, -0.2) is 13.1 Å². The Hall–Kier alpha value is -1.31. The molecule has 0 spiro atoms. The van der Waals surface area contributed by atoms with Crippen molar-refractivity contribution in [1.82, 2.24) is 9.62 Å². The maximum Gasteiger partial charge on any atom is 0.214 e. The number of hydrogen-bond donors (Lipinski definition) is 2. The minimum absolute atomic E-state index is 0.0749. The average molecular weight is 313 g/mol. The van der Waals surface area contributed by atoms with Crippen LogP contribution in [-0.4, -0.2) is 51.9 Å². The summed E-state index contributed by atoms with van der Waals surface area (Å²) in [7, 11) is -1.29. The maximum atomic E-state index is 11.8. The number of rotatable bonds is 9.